The highest BCUT2D eigenvalue weighted by Gasteiger charge is 2.33. The van der Waals surface area contributed by atoms with Crippen LogP contribution in [-0.4, -0.2) is 42.6 Å². The number of hydrogen-bond acceptors (Lipinski definition) is 6. The molecule has 2 aromatic heterocycles. The smallest absolute Gasteiger partial charge is 0.303 e. The maximum Gasteiger partial charge on any atom is 0.303 e. The van der Waals surface area contributed by atoms with Crippen LogP contribution < -0.4 is 21.3 Å². The van der Waals surface area contributed by atoms with Gasteiger partial charge in [0, 0.05) is 80.1 Å². The Morgan fingerprint density at radius 2 is 1.23 bits per heavy atom. The number of nitrogens with one attached hydrogen (secondary N) is 4. The van der Waals surface area contributed by atoms with Gasteiger partial charge in [0.05, 0.1) is 0 Å². The first-order chi connectivity index (χ1) is 20.8. The first kappa shape index (κ1) is 31.9. The minimum atomic E-state index is -0.858. The lowest BCUT2D eigenvalue weighted by atomic mass is 9.93. The van der Waals surface area contributed by atoms with E-state index in [9.17, 15) is 19.8 Å². The number of aliphatic carboxylic acids is 2. The Morgan fingerprint density at radius 3 is 1.77 bits per heavy atom. The zero-order valence-electron chi connectivity index (χ0n) is 26.1. The number of aromatic amines is 2. The Hall–Kier alpha value is -3.50. The number of rotatable bonds is 8. The van der Waals surface area contributed by atoms with Crippen molar-refractivity contribution in [3.05, 3.63) is 84.4 Å². The van der Waals surface area contributed by atoms with Crippen LogP contribution in [0, 0.1) is 25.7 Å². The third-order valence-corrected chi connectivity index (χ3v) is 9.83. The van der Waals surface area contributed by atoms with E-state index in [1.54, 1.807) is 0 Å². The summed E-state index contributed by atoms with van der Waals surface area (Å²) in [4.78, 5) is 30.4. The number of H-pyrrole nitrogens is 2. The number of fused-ring (bicyclic) bond motifs is 8. The van der Waals surface area contributed by atoms with Crippen molar-refractivity contribution in [2.75, 3.05) is 0 Å². The third-order valence-electron chi connectivity index (χ3n) is 9.23. The summed E-state index contributed by atoms with van der Waals surface area (Å²) in [6.45, 7) is 12.5. The van der Waals surface area contributed by atoms with Gasteiger partial charge in [0.15, 0.2) is 0 Å². The van der Waals surface area contributed by atoms with Crippen molar-refractivity contribution in [3.8, 4) is 0 Å². The lowest BCUT2D eigenvalue weighted by molar-refractivity contribution is -0.138. The molecule has 234 valence electrons. The highest BCUT2D eigenvalue weighted by atomic mass is 32.1. The third kappa shape index (κ3) is 6.06. The van der Waals surface area contributed by atoms with Gasteiger partial charge in [0.2, 0.25) is 0 Å². The summed E-state index contributed by atoms with van der Waals surface area (Å²) in [6, 6.07) is 0. The second-order valence-corrected chi connectivity index (χ2v) is 13.9. The maximum atomic E-state index is 11.6. The number of carboxylic acid groups (broad SMARTS) is 2. The van der Waals surface area contributed by atoms with Crippen LogP contribution in [0.1, 0.15) is 74.2 Å². The molecule has 8 bridgehead atoms. The molecule has 10 heteroatoms. The fraction of sp³-hybridized carbons (Fsp3) is 0.412. The molecule has 44 heavy (non-hydrogen) atoms. The van der Waals surface area contributed by atoms with Gasteiger partial charge in [-0.05, 0) is 98.2 Å². The predicted molar refractivity (Wildman–Crippen MR) is 182 cm³/mol. The molecule has 0 fully saturated rings. The van der Waals surface area contributed by atoms with Gasteiger partial charge in [-0.3, -0.25) is 9.59 Å². The van der Waals surface area contributed by atoms with Gasteiger partial charge in [-0.25, -0.2) is 0 Å². The highest BCUT2D eigenvalue weighted by molar-refractivity contribution is 7.81. The summed E-state index contributed by atoms with van der Waals surface area (Å²) in [5, 5.41) is 28.2. The molecule has 0 spiro atoms. The Balaban J connectivity index is 1.83. The van der Waals surface area contributed by atoms with E-state index in [2.05, 4.69) is 66.5 Å². The van der Waals surface area contributed by atoms with E-state index in [1.165, 1.54) is 11.1 Å². The number of aromatic nitrogens is 2. The van der Waals surface area contributed by atoms with Crippen molar-refractivity contribution >= 4 is 55.4 Å². The SMILES string of the molecule is CC1=C2/C=c3/[nH]/c(c(CCC(=O)O)c3C)=C\c3[nH]c(c(C)c3CCC(=O)O)/C=C3\NC(=C(C)[C@@H]3[C@@H](C)S)/C=C(\N2)[C@H]1[C@H](C)S. The van der Waals surface area contributed by atoms with E-state index >= 15 is 0 Å². The summed E-state index contributed by atoms with van der Waals surface area (Å²) in [5.74, 6) is -1.57. The molecule has 3 aliphatic heterocycles. The summed E-state index contributed by atoms with van der Waals surface area (Å²) in [5.41, 5.74) is 12.0. The molecule has 4 atom stereocenters. The van der Waals surface area contributed by atoms with Gasteiger partial charge in [0.1, 0.15) is 0 Å². The molecule has 5 rings (SSSR count). The largest absolute Gasteiger partial charge is 0.481 e. The van der Waals surface area contributed by atoms with Crippen molar-refractivity contribution in [2.24, 2.45) is 11.8 Å². The molecule has 6 N–H and O–H groups in total. The zero-order chi connectivity index (χ0) is 32.0. The lowest BCUT2D eigenvalue weighted by Crippen LogP contribution is -2.19. The minimum absolute atomic E-state index is 0.000956. The molecule has 0 aliphatic carbocycles. The van der Waals surface area contributed by atoms with Crippen molar-refractivity contribution in [3.63, 3.8) is 0 Å². The van der Waals surface area contributed by atoms with E-state index < -0.39 is 11.9 Å². The van der Waals surface area contributed by atoms with E-state index in [0.717, 1.165) is 67.1 Å². The molecule has 5 heterocycles. The van der Waals surface area contributed by atoms with Gasteiger partial charge >= 0.3 is 11.9 Å². The number of carboxylic acids is 2. The fourth-order valence-corrected chi connectivity index (χ4v) is 7.63. The highest BCUT2D eigenvalue weighted by Crippen LogP contribution is 2.39. The van der Waals surface area contributed by atoms with Crippen LogP contribution >= 0.6 is 25.3 Å². The average Bonchev–Trinajstić information content (AvgIpc) is 3.59. The second-order valence-electron chi connectivity index (χ2n) is 12.3. The molecule has 0 aromatic carbocycles. The quantitative estimate of drug-likeness (QED) is 0.203. The summed E-state index contributed by atoms with van der Waals surface area (Å²) < 4.78 is 0. The van der Waals surface area contributed by atoms with Crippen molar-refractivity contribution in [1.29, 1.82) is 0 Å². The topological polar surface area (TPSA) is 130 Å². The van der Waals surface area contributed by atoms with Crippen LogP contribution in [0.25, 0.3) is 18.2 Å². The minimum Gasteiger partial charge on any atom is -0.481 e. The molecular weight excluding hydrogens is 593 g/mol. The first-order valence-corrected chi connectivity index (χ1v) is 16.1. The number of hydrogen-bond donors (Lipinski definition) is 8. The number of carbonyl (C=O) groups is 2. The monoisotopic (exact) mass is 634 g/mol. The van der Waals surface area contributed by atoms with Gasteiger partial charge in [0.25, 0.3) is 0 Å². The standard InChI is InChI=1S/C34H42N4O4S2/c1-15-21(7-9-31(39)40)27-14-28-22(8-10-32(41)42)16(2)24(36-28)12-29-34(20(6)44)18(4)26(38-29)13-30-33(19(5)43)17(3)25(37-30)11-23(15)35-27/h11-14,19-20,33-38,43-44H,7-10H2,1-6H3,(H,39,40)(H,41,42)/b23-11+,27-14-,29-12-,30-13-/t19-,20+,33+,34+/m0/s1. The summed E-state index contributed by atoms with van der Waals surface area (Å²) >= 11 is 9.75. The zero-order valence-corrected chi connectivity index (χ0v) is 27.8. The van der Waals surface area contributed by atoms with Crippen LogP contribution in [0.15, 0.2) is 40.0 Å². The molecule has 3 aliphatic rings. The van der Waals surface area contributed by atoms with Crippen LogP contribution in [0.2, 0.25) is 0 Å². The van der Waals surface area contributed by atoms with Gasteiger partial charge in [-0.15, -0.1) is 0 Å². The van der Waals surface area contributed by atoms with Crippen molar-refractivity contribution < 1.29 is 19.8 Å². The molecule has 2 aromatic rings. The number of allylic oxidation sites excluding steroid dienone is 4. The van der Waals surface area contributed by atoms with Gasteiger partial charge < -0.3 is 30.8 Å². The van der Waals surface area contributed by atoms with Crippen LogP contribution in [0.5, 0.6) is 0 Å². The second kappa shape index (κ2) is 12.5. The Bertz CT molecular complexity index is 1780. The summed E-state index contributed by atoms with van der Waals surface area (Å²) in [7, 11) is 0. The average molecular weight is 635 g/mol. The van der Waals surface area contributed by atoms with E-state index in [4.69, 9.17) is 25.3 Å². The van der Waals surface area contributed by atoms with Crippen molar-refractivity contribution in [1.82, 2.24) is 20.6 Å². The molecule has 8 nitrogen and oxygen atoms in total. The predicted octanol–water partition coefficient (Wildman–Crippen LogP) is 4.47. The van der Waals surface area contributed by atoms with E-state index in [0.29, 0.717) is 12.8 Å². The number of thiol groups is 2. The first-order valence-electron chi connectivity index (χ1n) is 15.1. The Kier molecular flexibility index (Phi) is 9.05. The van der Waals surface area contributed by atoms with E-state index in [-0.39, 0.29) is 35.2 Å². The van der Waals surface area contributed by atoms with Crippen molar-refractivity contribution in [2.45, 2.75) is 77.7 Å². The maximum absolute atomic E-state index is 11.6. The normalized spacial score (nSPS) is 24.6. The molecule has 0 unspecified atom stereocenters. The molecular formula is C34H42N4O4S2. The Morgan fingerprint density at radius 1 is 0.705 bits per heavy atom. The summed E-state index contributed by atoms with van der Waals surface area (Å²) in [6.07, 6.45) is 9.15. The van der Waals surface area contributed by atoms with Crippen LogP contribution in [0.4, 0.5) is 0 Å². The fourth-order valence-electron chi connectivity index (χ4n) is 6.86. The van der Waals surface area contributed by atoms with E-state index in [1.807, 2.05) is 19.9 Å². The Labute approximate surface area is 269 Å². The molecule has 0 radical (unpaired) electrons. The lowest BCUT2D eigenvalue weighted by Gasteiger charge is -2.18. The van der Waals surface area contributed by atoms with Crippen LogP contribution in [-0.2, 0) is 22.4 Å². The van der Waals surface area contributed by atoms with Gasteiger partial charge in [-0.1, -0.05) is 13.8 Å². The van der Waals surface area contributed by atoms with Gasteiger partial charge in [-0.2, -0.15) is 25.3 Å². The molecule has 0 amide bonds. The molecule has 0 saturated heterocycles. The van der Waals surface area contributed by atoms with Crippen LogP contribution in [0.3, 0.4) is 0 Å². The molecule has 0 saturated carbocycles.